The Balaban J connectivity index is 1.90. The molecule has 0 saturated carbocycles. The molecule has 1 aliphatic heterocycles. The van der Waals surface area contributed by atoms with Crippen LogP contribution in [0.5, 0.6) is 0 Å². The molecule has 0 aromatic heterocycles. The van der Waals surface area contributed by atoms with Crippen molar-refractivity contribution in [3.05, 3.63) is 0 Å². The Morgan fingerprint density at radius 2 is 2.56 bits per heavy atom. The summed E-state index contributed by atoms with van der Waals surface area (Å²) in [4.78, 5) is 0. The van der Waals surface area contributed by atoms with Gasteiger partial charge in [0.2, 0.25) is 0 Å². The Bertz CT molecular complexity index is 80.4. The molecule has 3 heteroatoms. The SMILES string of the molecule is C[C@H](CO)OC[C@@H]1CO1. The van der Waals surface area contributed by atoms with Crippen LogP contribution in [0.15, 0.2) is 0 Å². The fourth-order valence-electron chi connectivity index (χ4n) is 0.489. The van der Waals surface area contributed by atoms with Crippen molar-refractivity contribution in [1.82, 2.24) is 0 Å². The molecule has 3 nitrogen and oxygen atoms in total. The van der Waals surface area contributed by atoms with Crippen molar-refractivity contribution < 1.29 is 14.6 Å². The Labute approximate surface area is 54.6 Å². The highest BCUT2D eigenvalue weighted by Gasteiger charge is 2.22. The second-order valence-corrected chi connectivity index (χ2v) is 2.28. The fraction of sp³-hybridized carbons (Fsp3) is 1.00. The Morgan fingerprint density at radius 3 is 3.00 bits per heavy atom. The third-order valence-electron chi connectivity index (χ3n) is 1.23. The van der Waals surface area contributed by atoms with Gasteiger partial charge in [0.15, 0.2) is 0 Å². The normalized spacial score (nSPS) is 28.0. The van der Waals surface area contributed by atoms with Crippen molar-refractivity contribution in [3.63, 3.8) is 0 Å². The summed E-state index contributed by atoms with van der Waals surface area (Å²) < 4.78 is 10.0. The second kappa shape index (κ2) is 3.15. The summed E-state index contributed by atoms with van der Waals surface area (Å²) in [6, 6.07) is 0. The van der Waals surface area contributed by atoms with Crippen molar-refractivity contribution in [2.24, 2.45) is 0 Å². The molecule has 2 atom stereocenters. The molecule has 54 valence electrons. The number of hydrogen-bond acceptors (Lipinski definition) is 3. The summed E-state index contributed by atoms with van der Waals surface area (Å²) in [5.41, 5.74) is 0. The zero-order valence-electron chi connectivity index (χ0n) is 5.54. The molecule has 9 heavy (non-hydrogen) atoms. The number of aliphatic hydroxyl groups excluding tert-OH is 1. The summed E-state index contributed by atoms with van der Waals surface area (Å²) in [6.45, 7) is 3.37. The van der Waals surface area contributed by atoms with E-state index in [9.17, 15) is 0 Å². The molecule has 1 N–H and O–H groups in total. The van der Waals surface area contributed by atoms with Crippen LogP contribution in [0.2, 0.25) is 0 Å². The molecule has 0 aromatic rings. The van der Waals surface area contributed by atoms with Gasteiger partial charge in [-0.25, -0.2) is 0 Å². The lowest BCUT2D eigenvalue weighted by atomic mass is 10.4. The van der Waals surface area contributed by atoms with E-state index < -0.39 is 0 Å². The first-order chi connectivity index (χ1) is 4.33. The van der Waals surface area contributed by atoms with Crippen LogP contribution in [-0.2, 0) is 9.47 Å². The van der Waals surface area contributed by atoms with Crippen molar-refractivity contribution >= 4 is 0 Å². The van der Waals surface area contributed by atoms with Gasteiger partial charge in [0.05, 0.1) is 25.9 Å². The molecular weight excluding hydrogens is 120 g/mol. The van der Waals surface area contributed by atoms with Gasteiger partial charge in [-0.05, 0) is 6.92 Å². The summed E-state index contributed by atoms with van der Waals surface area (Å²) in [5, 5.41) is 8.50. The van der Waals surface area contributed by atoms with Gasteiger partial charge >= 0.3 is 0 Å². The molecule has 1 heterocycles. The first-order valence-electron chi connectivity index (χ1n) is 3.17. The quantitative estimate of drug-likeness (QED) is 0.538. The third kappa shape index (κ3) is 2.79. The maximum absolute atomic E-state index is 8.50. The first-order valence-corrected chi connectivity index (χ1v) is 3.17. The first kappa shape index (κ1) is 6.99. The van der Waals surface area contributed by atoms with E-state index in [1.54, 1.807) is 0 Å². The molecule has 0 aliphatic carbocycles. The van der Waals surface area contributed by atoms with Gasteiger partial charge in [-0.3, -0.25) is 0 Å². The smallest absolute Gasteiger partial charge is 0.104 e. The molecule has 0 aromatic carbocycles. The van der Waals surface area contributed by atoms with Crippen LogP contribution < -0.4 is 0 Å². The lowest BCUT2D eigenvalue weighted by Gasteiger charge is -2.06. The van der Waals surface area contributed by atoms with Crippen LogP contribution in [0.1, 0.15) is 6.92 Å². The lowest BCUT2D eigenvalue weighted by molar-refractivity contribution is 0.0174. The molecule has 1 aliphatic rings. The highest BCUT2D eigenvalue weighted by atomic mass is 16.6. The van der Waals surface area contributed by atoms with Gasteiger partial charge in [-0.15, -0.1) is 0 Å². The van der Waals surface area contributed by atoms with Crippen molar-refractivity contribution in [3.8, 4) is 0 Å². The zero-order chi connectivity index (χ0) is 6.69. The minimum atomic E-state index is -0.0470. The van der Waals surface area contributed by atoms with E-state index >= 15 is 0 Å². The van der Waals surface area contributed by atoms with Crippen LogP contribution >= 0.6 is 0 Å². The average Bonchev–Trinajstić information content (AvgIpc) is 2.65. The third-order valence-corrected chi connectivity index (χ3v) is 1.23. The number of hydrogen-bond donors (Lipinski definition) is 1. The number of epoxide rings is 1. The van der Waals surface area contributed by atoms with E-state index in [2.05, 4.69) is 0 Å². The maximum atomic E-state index is 8.50. The minimum absolute atomic E-state index is 0.0470. The summed E-state index contributed by atoms with van der Waals surface area (Å²) in [7, 11) is 0. The van der Waals surface area contributed by atoms with Gasteiger partial charge < -0.3 is 14.6 Å². The monoisotopic (exact) mass is 132 g/mol. The molecular formula is C6H12O3. The number of aliphatic hydroxyl groups is 1. The molecule has 1 fully saturated rings. The molecule has 1 rings (SSSR count). The average molecular weight is 132 g/mol. The van der Waals surface area contributed by atoms with E-state index in [0.717, 1.165) is 6.61 Å². The summed E-state index contributed by atoms with van der Waals surface area (Å²) in [6.07, 6.45) is 0.258. The van der Waals surface area contributed by atoms with Crippen LogP contribution in [0.3, 0.4) is 0 Å². The van der Waals surface area contributed by atoms with Crippen molar-refractivity contribution in [2.75, 3.05) is 19.8 Å². The Hall–Kier alpha value is -0.120. The number of rotatable bonds is 4. The van der Waals surface area contributed by atoms with E-state index in [1.165, 1.54) is 0 Å². The van der Waals surface area contributed by atoms with Crippen LogP contribution in [-0.4, -0.2) is 37.1 Å². The van der Waals surface area contributed by atoms with E-state index in [-0.39, 0.29) is 12.7 Å². The van der Waals surface area contributed by atoms with Crippen LogP contribution in [0.4, 0.5) is 0 Å². The lowest BCUT2D eigenvalue weighted by Crippen LogP contribution is -2.15. The van der Waals surface area contributed by atoms with Gasteiger partial charge in [0.1, 0.15) is 6.10 Å². The summed E-state index contributed by atoms with van der Waals surface area (Å²) >= 11 is 0. The van der Waals surface area contributed by atoms with Gasteiger partial charge in [-0.1, -0.05) is 0 Å². The van der Waals surface area contributed by atoms with E-state index in [1.807, 2.05) is 6.92 Å². The van der Waals surface area contributed by atoms with Gasteiger partial charge in [0, 0.05) is 0 Å². The summed E-state index contributed by atoms with van der Waals surface area (Å²) in [5.74, 6) is 0. The fourth-order valence-corrected chi connectivity index (χ4v) is 0.489. The van der Waals surface area contributed by atoms with E-state index in [4.69, 9.17) is 14.6 Å². The Kier molecular flexibility index (Phi) is 2.45. The largest absolute Gasteiger partial charge is 0.394 e. The van der Waals surface area contributed by atoms with Crippen LogP contribution in [0.25, 0.3) is 0 Å². The van der Waals surface area contributed by atoms with E-state index in [0.29, 0.717) is 12.7 Å². The van der Waals surface area contributed by atoms with Gasteiger partial charge in [-0.2, -0.15) is 0 Å². The maximum Gasteiger partial charge on any atom is 0.104 e. The standard InChI is InChI=1S/C6H12O3/c1-5(2-7)8-3-6-4-9-6/h5-7H,2-4H2,1H3/t5-,6-/m1/s1. The van der Waals surface area contributed by atoms with Crippen molar-refractivity contribution in [1.29, 1.82) is 0 Å². The topological polar surface area (TPSA) is 42.0 Å². The molecule has 0 bridgehead atoms. The predicted octanol–water partition coefficient (Wildman–Crippen LogP) is -0.217. The molecule has 0 spiro atoms. The highest BCUT2D eigenvalue weighted by Crippen LogP contribution is 2.09. The van der Waals surface area contributed by atoms with Gasteiger partial charge in [0.25, 0.3) is 0 Å². The minimum Gasteiger partial charge on any atom is -0.394 e. The molecule has 0 amide bonds. The molecule has 0 radical (unpaired) electrons. The van der Waals surface area contributed by atoms with Crippen LogP contribution in [0, 0.1) is 0 Å². The number of ether oxygens (including phenoxy) is 2. The zero-order valence-corrected chi connectivity index (χ0v) is 5.54. The predicted molar refractivity (Wildman–Crippen MR) is 32.2 cm³/mol. The molecule has 1 saturated heterocycles. The van der Waals surface area contributed by atoms with Crippen molar-refractivity contribution in [2.45, 2.75) is 19.1 Å². The highest BCUT2D eigenvalue weighted by molar-refractivity contribution is 4.67. The Morgan fingerprint density at radius 1 is 1.89 bits per heavy atom. The molecule has 0 unspecified atom stereocenters. The second-order valence-electron chi connectivity index (χ2n) is 2.28.